The molecule has 6 heteroatoms. The summed E-state index contributed by atoms with van der Waals surface area (Å²) in [5.41, 5.74) is 0. The predicted octanol–water partition coefficient (Wildman–Crippen LogP) is 5.97. The Kier molecular flexibility index (Phi) is 8.91. The minimum atomic E-state index is 0.370. The van der Waals surface area contributed by atoms with E-state index < -0.39 is 0 Å². The Morgan fingerprint density at radius 3 is 1.52 bits per heavy atom. The summed E-state index contributed by atoms with van der Waals surface area (Å²) in [5.74, 6) is 5.48. The number of hydrogen-bond acceptors (Lipinski definition) is 5. The third kappa shape index (κ3) is 6.06. The summed E-state index contributed by atoms with van der Waals surface area (Å²) in [5, 5.41) is 11.2. The van der Waals surface area contributed by atoms with Crippen molar-refractivity contribution >= 4 is 5.84 Å². The average Bonchev–Trinajstić information content (AvgIpc) is 3.17. The molecule has 6 nitrogen and oxygen atoms in total. The van der Waals surface area contributed by atoms with Crippen molar-refractivity contribution in [1.82, 2.24) is 24.7 Å². The number of nitrogens with zero attached hydrogens (tertiary/aromatic N) is 6. The molecule has 0 fully saturated rings. The largest absolute Gasteiger partial charge is 0.311 e. The molecule has 0 saturated carbocycles. The first kappa shape index (κ1) is 25.2. The Balaban J connectivity index is 0.000000291. The van der Waals surface area contributed by atoms with E-state index in [2.05, 4.69) is 110 Å². The fraction of sp³-hybridized carbons (Fsp3) is 0.783. The Bertz CT molecular complexity index is 669. The number of hydrazone groups is 1. The van der Waals surface area contributed by atoms with Crippen LogP contribution >= 0.6 is 0 Å². The van der Waals surface area contributed by atoms with Crippen molar-refractivity contribution in [3.63, 3.8) is 0 Å². The average molecular weight is 405 g/mol. The molecular weight excluding hydrogens is 360 g/mol. The molecule has 1 aromatic rings. The lowest BCUT2D eigenvalue weighted by Crippen LogP contribution is -2.37. The number of rotatable bonds is 6. The van der Waals surface area contributed by atoms with Gasteiger partial charge in [0.05, 0.1) is 0 Å². The number of aromatic nitrogens is 3. The zero-order valence-corrected chi connectivity index (χ0v) is 20.9. The molecule has 0 atom stereocenters. The summed E-state index contributed by atoms with van der Waals surface area (Å²) in [6.45, 7) is 30.0. The van der Waals surface area contributed by atoms with Gasteiger partial charge >= 0.3 is 0 Å². The van der Waals surface area contributed by atoms with E-state index in [1.807, 2.05) is 9.69 Å². The molecule has 0 spiro atoms. The van der Waals surface area contributed by atoms with Crippen molar-refractivity contribution in [2.45, 2.75) is 113 Å². The maximum absolute atomic E-state index is 4.65. The van der Waals surface area contributed by atoms with Crippen LogP contribution in [0.15, 0.2) is 17.5 Å². The highest BCUT2D eigenvalue weighted by molar-refractivity contribution is 5.87. The van der Waals surface area contributed by atoms with E-state index in [0.29, 0.717) is 35.9 Å². The molecule has 1 aliphatic rings. The lowest BCUT2D eigenvalue weighted by Gasteiger charge is -2.29. The van der Waals surface area contributed by atoms with Crippen LogP contribution in [-0.2, 0) is 0 Å². The molecule has 0 amide bonds. The van der Waals surface area contributed by atoms with Crippen LogP contribution in [0.25, 0.3) is 0 Å². The smallest absolute Gasteiger partial charge is 0.153 e. The SMILES string of the molecule is C=C1N(C(C)C)N=C(C(C)C)N1C(C)C.CC(C)c1nc(C(C)C)n(C(C)C)n1. The standard InChI is InChI=1S/C12H23N3.C11H21N3/c1-8(2)12-13-15(10(5)6)11(7)14(12)9(3)4;1-7(2)10-12-11(8(3)4)14(13-10)9(5)6/h8-10H,7H2,1-6H3;7-9H,1-6H3. The summed E-state index contributed by atoms with van der Waals surface area (Å²) in [6.07, 6.45) is 0. The highest BCUT2D eigenvalue weighted by Crippen LogP contribution is 2.26. The second-order valence-electron chi connectivity index (χ2n) is 9.61. The predicted molar refractivity (Wildman–Crippen MR) is 124 cm³/mol. The van der Waals surface area contributed by atoms with E-state index in [-0.39, 0.29) is 0 Å². The summed E-state index contributed by atoms with van der Waals surface area (Å²) in [7, 11) is 0. The monoisotopic (exact) mass is 404 g/mol. The van der Waals surface area contributed by atoms with Crippen molar-refractivity contribution in [2.75, 3.05) is 0 Å². The van der Waals surface area contributed by atoms with Gasteiger partial charge < -0.3 is 4.90 Å². The van der Waals surface area contributed by atoms with Crippen LogP contribution in [0, 0.1) is 5.92 Å². The lowest BCUT2D eigenvalue weighted by molar-refractivity contribution is 0.253. The molecule has 1 aromatic heterocycles. The molecule has 0 aliphatic carbocycles. The van der Waals surface area contributed by atoms with Gasteiger partial charge in [-0.05, 0) is 41.5 Å². The van der Waals surface area contributed by atoms with Crippen LogP contribution in [0.2, 0.25) is 0 Å². The molecule has 0 saturated heterocycles. The minimum absolute atomic E-state index is 0.370. The zero-order valence-electron chi connectivity index (χ0n) is 20.9. The minimum Gasteiger partial charge on any atom is -0.311 e. The van der Waals surface area contributed by atoms with E-state index in [1.165, 1.54) is 0 Å². The van der Waals surface area contributed by atoms with E-state index in [0.717, 1.165) is 23.3 Å². The topological polar surface area (TPSA) is 49.5 Å². The highest BCUT2D eigenvalue weighted by Gasteiger charge is 2.31. The van der Waals surface area contributed by atoms with Gasteiger partial charge in [0.15, 0.2) is 5.82 Å². The van der Waals surface area contributed by atoms with Gasteiger partial charge in [0.2, 0.25) is 0 Å². The Morgan fingerprint density at radius 1 is 0.690 bits per heavy atom. The van der Waals surface area contributed by atoms with Crippen LogP contribution in [0.1, 0.15) is 113 Å². The third-order valence-corrected chi connectivity index (χ3v) is 4.72. The summed E-state index contributed by atoms with van der Waals surface area (Å²) >= 11 is 0. The van der Waals surface area contributed by atoms with Crippen molar-refractivity contribution in [1.29, 1.82) is 0 Å². The first-order valence-electron chi connectivity index (χ1n) is 11.1. The second-order valence-corrected chi connectivity index (χ2v) is 9.61. The normalized spacial score (nSPS) is 14.8. The molecule has 0 aromatic carbocycles. The maximum Gasteiger partial charge on any atom is 0.153 e. The molecule has 2 rings (SSSR count). The van der Waals surface area contributed by atoms with Gasteiger partial charge in [-0.3, -0.25) is 0 Å². The van der Waals surface area contributed by atoms with Crippen molar-refractivity contribution in [2.24, 2.45) is 11.0 Å². The quantitative estimate of drug-likeness (QED) is 0.586. The summed E-state index contributed by atoms with van der Waals surface area (Å²) in [4.78, 5) is 6.81. The van der Waals surface area contributed by atoms with Gasteiger partial charge in [0.1, 0.15) is 17.5 Å². The fourth-order valence-electron chi connectivity index (χ4n) is 3.20. The maximum atomic E-state index is 4.65. The van der Waals surface area contributed by atoms with E-state index in [1.54, 1.807) is 0 Å². The Hall–Kier alpha value is -1.85. The molecule has 2 heterocycles. The van der Waals surface area contributed by atoms with Gasteiger partial charge in [-0.15, -0.1) is 0 Å². The van der Waals surface area contributed by atoms with Crippen LogP contribution in [-0.4, -0.2) is 42.6 Å². The summed E-state index contributed by atoms with van der Waals surface area (Å²) in [6, 6.07) is 1.18. The van der Waals surface area contributed by atoms with Crippen molar-refractivity contribution < 1.29 is 0 Å². The Labute approximate surface area is 179 Å². The van der Waals surface area contributed by atoms with Crippen LogP contribution in [0.4, 0.5) is 0 Å². The lowest BCUT2D eigenvalue weighted by atomic mass is 10.1. The first-order valence-corrected chi connectivity index (χ1v) is 11.1. The highest BCUT2D eigenvalue weighted by atomic mass is 15.6. The number of amidine groups is 1. The molecule has 0 N–H and O–H groups in total. The van der Waals surface area contributed by atoms with E-state index >= 15 is 0 Å². The van der Waals surface area contributed by atoms with Gasteiger partial charge in [-0.2, -0.15) is 10.2 Å². The summed E-state index contributed by atoms with van der Waals surface area (Å²) < 4.78 is 2.04. The van der Waals surface area contributed by atoms with Gasteiger partial charge in [0, 0.05) is 35.9 Å². The van der Waals surface area contributed by atoms with Gasteiger partial charge in [-0.1, -0.05) is 48.1 Å². The van der Waals surface area contributed by atoms with Gasteiger partial charge in [-0.25, -0.2) is 14.7 Å². The van der Waals surface area contributed by atoms with Crippen molar-refractivity contribution in [3.05, 3.63) is 24.0 Å². The van der Waals surface area contributed by atoms with Crippen LogP contribution < -0.4 is 0 Å². The molecule has 166 valence electrons. The Morgan fingerprint density at radius 2 is 1.24 bits per heavy atom. The molecule has 1 aliphatic heterocycles. The first-order chi connectivity index (χ1) is 13.3. The number of hydrogen-bond donors (Lipinski definition) is 0. The molecule has 0 bridgehead atoms. The van der Waals surface area contributed by atoms with Crippen LogP contribution in [0.5, 0.6) is 0 Å². The van der Waals surface area contributed by atoms with E-state index in [9.17, 15) is 0 Å². The molecule has 29 heavy (non-hydrogen) atoms. The fourth-order valence-corrected chi connectivity index (χ4v) is 3.20. The molecular formula is C23H44N6. The molecule has 0 radical (unpaired) electrons. The van der Waals surface area contributed by atoms with Crippen molar-refractivity contribution in [3.8, 4) is 0 Å². The molecule has 0 unspecified atom stereocenters. The van der Waals surface area contributed by atoms with Gasteiger partial charge in [0.25, 0.3) is 0 Å². The van der Waals surface area contributed by atoms with Crippen LogP contribution in [0.3, 0.4) is 0 Å². The third-order valence-electron chi connectivity index (χ3n) is 4.72. The second kappa shape index (κ2) is 10.3. The van der Waals surface area contributed by atoms with E-state index in [4.69, 9.17) is 0 Å². The zero-order chi connectivity index (χ0) is 22.6.